The van der Waals surface area contributed by atoms with Crippen LogP contribution in [0.25, 0.3) is 98.1 Å². The van der Waals surface area contributed by atoms with E-state index in [1.54, 1.807) is 0 Å². The summed E-state index contributed by atoms with van der Waals surface area (Å²) in [5.74, 6) is 0. The fourth-order valence-corrected chi connectivity index (χ4v) is 5.87. The van der Waals surface area contributed by atoms with Gasteiger partial charge in [0.05, 0.1) is 35.6 Å². The Kier molecular flexibility index (Phi) is 2.13. The van der Waals surface area contributed by atoms with Crippen LogP contribution in [0.4, 0.5) is 0 Å². The summed E-state index contributed by atoms with van der Waals surface area (Å²) in [6.45, 7) is 0. The number of hydrogen-bond donors (Lipinski definition) is 0. The SMILES string of the molecule is [2H]c1c([2H])c([2H])c2c(oc3c([2H])c([2H])c(-c4c5c([2H])c([2H])c([2H])c([2H])c5c(-c5c([2H])c6c([2H])c([2H])c7c([2H])c([2H])c([2H])c([2H])c7c6c6c([2H])c([2H])c([2H])c([2H])c56)c5c([2H])c([2H])c([2H])c([2H])c45)c([2H])c32)c1[2H]. The normalized spacial score (nSPS) is 20.1. The molecule has 208 valence electrons. The van der Waals surface area contributed by atoms with Gasteiger partial charge < -0.3 is 4.42 Å². The van der Waals surface area contributed by atoms with Gasteiger partial charge in [-0.15, -0.1) is 0 Å². The summed E-state index contributed by atoms with van der Waals surface area (Å²) in [5, 5.41) is -7.27. The Morgan fingerprint density at radius 3 is 1.62 bits per heavy atom. The van der Waals surface area contributed by atoms with E-state index in [-0.39, 0.29) is 0 Å². The largest absolute Gasteiger partial charge is 0.456 e. The van der Waals surface area contributed by atoms with E-state index in [1.165, 1.54) is 0 Å². The molecule has 0 radical (unpaired) electrons. The topological polar surface area (TPSA) is 13.1 Å². The van der Waals surface area contributed by atoms with Gasteiger partial charge >= 0.3 is 0 Å². The van der Waals surface area contributed by atoms with E-state index >= 15 is 0 Å². The zero-order chi connectivity index (χ0) is 52.1. The zero-order valence-electron chi connectivity index (χ0n) is 48.4. The molecule has 45 heavy (non-hydrogen) atoms. The molecule has 0 atom stereocenters. The van der Waals surface area contributed by atoms with Crippen LogP contribution in [0, 0.1) is 0 Å². The maximum atomic E-state index is 10.0. The summed E-state index contributed by atoms with van der Waals surface area (Å²) >= 11 is 0. The van der Waals surface area contributed by atoms with Crippen LogP contribution in [-0.2, 0) is 0 Å². The number of fused-ring (bicyclic) bond motifs is 10. The molecule has 0 bridgehead atoms. The Morgan fingerprint density at radius 1 is 0.356 bits per heavy atom. The van der Waals surface area contributed by atoms with Gasteiger partial charge in [-0.25, -0.2) is 0 Å². The predicted molar refractivity (Wildman–Crippen MR) is 192 cm³/mol. The molecule has 1 heteroatoms. The molecule has 10 aromatic rings. The molecule has 0 saturated carbocycles. The highest BCUT2D eigenvalue weighted by molar-refractivity contribution is 6.28. The maximum Gasteiger partial charge on any atom is 0.135 e. The average Bonchev–Trinajstić information content (AvgIpc) is 3.76. The van der Waals surface area contributed by atoms with Crippen molar-refractivity contribution < 1.29 is 40.1 Å². The summed E-state index contributed by atoms with van der Waals surface area (Å²) in [6, 6.07) is -23.1. The number of benzene rings is 9. The van der Waals surface area contributed by atoms with Gasteiger partial charge in [-0.2, -0.15) is 0 Å². The van der Waals surface area contributed by atoms with Crippen molar-refractivity contribution in [3.05, 3.63) is 157 Å². The second kappa shape index (κ2) is 9.29. The molecule has 0 spiro atoms. The molecule has 9 aromatic carbocycles. The molecule has 0 amide bonds. The van der Waals surface area contributed by atoms with Crippen LogP contribution in [0.1, 0.15) is 35.6 Å². The van der Waals surface area contributed by atoms with Crippen molar-refractivity contribution in [2.75, 3.05) is 0 Å². The minimum Gasteiger partial charge on any atom is -0.456 e. The predicted octanol–water partition coefficient (Wildman–Crippen LogP) is 12.7. The van der Waals surface area contributed by atoms with Crippen LogP contribution in [-0.4, -0.2) is 0 Å². The first-order valence-electron chi connectivity index (χ1n) is 26.4. The Balaban J connectivity index is 1.60. The quantitative estimate of drug-likeness (QED) is 0.143. The van der Waals surface area contributed by atoms with E-state index in [4.69, 9.17) is 26.3 Å². The smallest absolute Gasteiger partial charge is 0.135 e. The summed E-state index contributed by atoms with van der Waals surface area (Å²) in [4.78, 5) is 0. The van der Waals surface area contributed by atoms with Gasteiger partial charge in [-0.05, 0) is 100 Å². The summed E-state index contributed by atoms with van der Waals surface area (Å²) in [5.41, 5.74) is -3.95. The van der Waals surface area contributed by atoms with Gasteiger partial charge in [-0.1, -0.05) is 133 Å². The molecule has 0 unspecified atom stereocenters. The van der Waals surface area contributed by atoms with Gasteiger partial charge in [0, 0.05) is 10.8 Å². The summed E-state index contributed by atoms with van der Waals surface area (Å²) < 4.78 is 241. The van der Waals surface area contributed by atoms with E-state index in [0.717, 1.165) is 0 Å². The van der Waals surface area contributed by atoms with Gasteiger partial charge in [0.15, 0.2) is 0 Å². The number of para-hydroxylation sites is 1. The third kappa shape index (κ3) is 3.50. The lowest BCUT2D eigenvalue weighted by Crippen LogP contribution is -1.92. The lowest BCUT2D eigenvalue weighted by atomic mass is 9.83. The highest BCUT2D eigenvalue weighted by Crippen LogP contribution is 2.47. The Labute approximate surface area is 296 Å². The highest BCUT2D eigenvalue weighted by atomic mass is 16.3. The molecular weight excluding hydrogens is 544 g/mol. The van der Waals surface area contributed by atoms with E-state index in [1.807, 2.05) is 0 Å². The number of hydrogen-bond acceptors (Lipinski definition) is 1. The minimum atomic E-state index is -0.993. The van der Waals surface area contributed by atoms with Gasteiger partial charge in [-0.3, -0.25) is 0 Å². The van der Waals surface area contributed by atoms with Crippen molar-refractivity contribution in [3.8, 4) is 22.3 Å². The van der Waals surface area contributed by atoms with E-state index < -0.39 is 255 Å². The van der Waals surface area contributed by atoms with Crippen molar-refractivity contribution in [1.29, 1.82) is 0 Å². The van der Waals surface area contributed by atoms with Crippen LogP contribution < -0.4 is 0 Å². The van der Waals surface area contributed by atoms with Crippen molar-refractivity contribution in [2.45, 2.75) is 0 Å². The van der Waals surface area contributed by atoms with Crippen molar-refractivity contribution in [3.63, 3.8) is 0 Å². The first kappa shape index (κ1) is 10.3. The second-order valence-corrected chi connectivity index (χ2v) is 10.0. The van der Waals surface area contributed by atoms with Crippen molar-refractivity contribution >= 4 is 75.8 Å². The highest BCUT2D eigenvalue weighted by Gasteiger charge is 2.20. The minimum absolute atomic E-state index is 0.423. The maximum absolute atomic E-state index is 10.0. The average molecular weight is 597 g/mol. The lowest BCUT2D eigenvalue weighted by Gasteiger charge is -2.20. The third-order valence-electron chi connectivity index (χ3n) is 7.70. The Bertz CT molecular complexity index is 4210. The van der Waals surface area contributed by atoms with Gasteiger partial charge in [0.25, 0.3) is 0 Å². The molecule has 0 saturated heterocycles. The molecule has 1 heterocycles. The van der Waals surface area contributed by atoms with E-state index in [9.17, 15) is 13.7 Å². The summed E-state index contributed by atoms with van der Waals surface area (Å²) in [7, 11) is 0. The number of rotatable bonds is 2. The third-order valence-corrected chi connectivity index (χ3v) is 7.70. The van der Waals surface area contributed by atoms with E-state index in [0.29, 0.717) is 0 Å². The first-order valence-corrected chi connectivity index (χ1v) is 13.4. The van der Waals surface area contributed by atoms with Crippen LogP contribution in [0.5, 0.6) is 0 Å². The van der Waals surface area contributed by atoms with E-state index in [2.05, 4.69) is 0 Å². The molecule has 0 aliphatic rings. The molecule has 0 aliphatic carbocycles. The van der Waals surface area contributed by atoms with Gasteiger partial charge in [0.2, 0.25) is 0 Å². The zero-order valence-corrected chi connectivity index (χ0v) is 22.4. The van der Waals surface area contributed by atoms with Gasteiger partial charge in [0.1, 0.15) is 11.2 Å². The Morgan fingerprint density at radius 2 is 0.889 bits per heavy atom. The standard InChI is InChI=1S/C44H26O/c1-2-12-30-27(11-1)21-22-28-26-39(31-13-3-4-15-33(31)42(28)30)44-36-18-7-5-16-34(36)43(35-17-6-8-19-37(35)44)29-23-24-41-38(25-29)32-14-9-10-20-40(32)45-41/h1-26H/i1D,2D,3D,4D,5D,6D,7D,8D,9D,10D,11D,12D,13D,14D,15D,16D,17D,18D,19D,20D,21D,22D,23D,24D,25D,26D. The monoisotopic (exact) mass is 596 g/mol. The number of furan rings is 1. The Hall–Kier alpha value is -5.92. The molecule has 1 aromatic heterocycles. The fraction of sp³-hybridized carbons (Fsp3) is 0. The second-order valence-electron chi connectivity index (χ2n) is 10.0. The molecule has 0 fully saturated rings. The van der Waals surface area contributed by atoms with Crippen molar-refractivity contribution in [2.24, 2.45) is 0 Å². The van der Waals surface area contributed by atoms with Crippen molar-refractivity contribution in [1.82, 2.24) is 0 Å². The molecule has 1 nitrogen and oxygen atoms in total. The molecule has 0 N–H and O–H groups in total. The summed E-state index contributed by atoms with van der Waals surface area (Å²) in [6.07, 6.45) is 0. The van der Waals surface area contributed by atoms with Crippen LogP contribution in [0.3, 0.4) is 0 Å². The van der Waals surface area contributed by atoms with Crippen LogP contribution in [0.2, 0.25) is 0 Å². The van der Waals surface area contributed by atoms with Crippen LogP contribution in [0.15, 0.2) is 162 Å². The first-order chi connectivity index (χ1) is 33.2. The van der Waals surface area contributed by atoms with Crippen LogP contribution >= 0.6 is 0 Å². The molecule has 10 rings (SSSR count). The molecule has 0 aliphatic heterocycles. The lowest BCUT2D eigenvalue weighted by molar-refractivity contribution is 0.669. The molecular formula is C44H26O. The fourth-order valence-electron chi connectivity index (χ4n) is 5.87.